The fraction of sp³-hybridized carbons (Fsp3) is 0.391. The second kappa shape index (κ2) is 9.44. The van der Waals surface area contributed by atoms with Crippen LogP contribution in [0.1, 0.15) is 22.7 Å². The van der Waals surface area contributed by atoms with E-state index >= 15 is 0 Å². The highest BCUT2D eigenvalue weighted by atomic mass is 16.2. The summed E-state index contributed by atoms with van der Waals surface area (Å²) in [6.45, 7) is 5.37. The van der Waals surface area contributed by atoms with E-state index in [-0.39, 0.29) is 12.1 Å². The number of nitrogens with zero attached hydrogens (tertiary/aromatic N) is 4. The van der Waals surface area contributed by atoms with Gasteiger partial charge in [-0.1, -0.05) is 42.0 Å². The smallest absolute Gasteiger partial charge is 0.317 e. The predicted octanol–water partition coefficient (Wildman–Crippen LogP) is 3.00. The van der Waals surface area contributed by atoms with Gasteiger partial charge in [-0.3, -0.25) is 0 Å². The first-order valence-electron chi connectivity index (χ1n) is 9.99. The van der Waals surface area contributed by atoms with E-state index in [0.29, 0.717) is 25.2 Å². The van der Waals surface area contributed by atoms with Crippen LogP contribution in [0.25, 0.3) is 0 Å². The number of carbonyl (C=O) groups is 1. The Balaban J connectivity index is 1.55. The zero-order valence-corrected chi connectivity index (χ0v) is 17.4. The average molecular weight is 392 g/mol. The van der Waals surface area contributed by atoms with Crippen LogP contribution in [0.4, 0.5) is 10.5 Å². The monoisotopic (exact) mass is 391 g/mol. The first kappa shape index (κ1) is 20.7. The van der Waals surface area contributed by atoms with Crippen LogP contribution in [0, 0.1) is 18.3 Å². The molecule has 2 aromatic rings. The molecule has 1 aliphatic heterocycles. The van der Waals surface area contributed by atoms with Crippen molar-refractivity contribution < 1.29 is 4.79 Å². The fourth-order valence-electron chi connectivity index (χ4n) is 3.68. The Labute approximate surface area is 173 Å². The molecule has 0 saturated carbocycles. The number of urea groups is 1. The summed E-state index contributed by atoms with van der Waals surface area (Å²) in [5.74, 6) is 0. The molecule has 0 spiro atoms. The van der Waals surface area contributed by atoms with Gasteiger partial charge < -0.3 is 20.0 Å². The zero-order chi connectivity index (χ0) is 20.8. The molecule has 1 heterocycles. The van der Waals surface area contributed by atoms with Crippen molar-refractivity contribution in [1.29, 1.82) is 5.26 Å². The average Bonchev–Trinajstić information content (AvgIpc) is 2.75. The minimum atomic E-state index is -0.0304. The number of hydrogen-bond acceptors (Lipinski definition) is 4. The molecule has 6 heteroatoms. The number of carbonyl (C=O) groups excluding carboxylic acids is 1. The number of nitriles is 1. The third-order valence-electron chi connectivity index (χ3n) is 5.46. The minimum Gasteiger partial charge on any atom is -0.367 e. The van der Waals surface area contributed by atoms with Gasteiger partial charge in [0.15, 0.2) is 0 Å². The number of anilines is 1. The second-order valence-electron chi connectivity index (χ2n) is 7.68. The molecular formula is C23H29N5O. The van der Waals surface area contributed by atoms with E-state index < -0.39 is 0 Å². The van der Waals surface area contributed by atoms with Crippen LogP contribution in [0.15, 0.2) is 48.5 Å². The number of aryl methyl sites for hydroxylation is 1. The highest BCUT2D eigenvalue weighted by molar-refractivity contribution is 5.74. The maximum atomic E-state index is 12.7. The summed E-state index contributed by atoms with van der Waals surface area (Å²) in [7, 11) is 4.06. The molecule has 1 fully saturated rings. The Morgan fingerprint density at radius 3 is 2.38 bits per heavy atom. The molecule has 1 atom stereocenters. The van der Waals surface area contributed by atoms with Gasteiger partial charge in [-0.05, 0) is 38.7 Å². The Morgan fingerprint density at radius 1 is 1.10 bits per heavy atom. The van der Waals surface area contributed by atoms with Gasteiger partial charge in [0.05, 0.1) is 17.3 Å². The van der Waals surface area contributed by atoms with Gasteiger partial charge in [0.25, 0.3) is 0 Å². The highest BCUT2D eigenvalue weighted by Crippen LogP contribution is 2.21. The maximum absolute atomic E-state index is 12.7. The van der Waals surface area contributed by atoms with Gasteiger partial charge in [-0.25, -0.2) is 4.79 Å². The molecule has 1 N–H and O–H groups in total. The predicted molar refractivity (Wildman–Crippen MR) is 116 cm³/mol. The molecule has 0 radical (unpaired) electrons. The van der Waals surface area contributed by atoms with Crippen molar-refractivity contribution in [2.75, 3.05) is 51.7 Å². The van der Waals surface area contributed by atoms with E-state index in [1.807, 2.05) is 43.3 Å². The number of likely N-dealkylation sites (N-methyl/N-ethyl adjacent to an activating group) is 1. The standard InChI is InChI=1S/C23H29N5O/c1-18-8-10-19(11-9-18)22(26(2)3)17-25-23(29)28-14-12-27(13-15-28)21-7-5-4-6-20(21)16-24/h4-11,22H,12-15,17H2,1-3H3,(H,25,29)/t22-/m0/s1. The van der Waals surface area contributed by atoms with Crippen molar-refractivity contribution in [3.05, 3.63) is 65.2 Å². The lowest BCUT2D eigenvalue weighted by molar-refractivity contribution is 0.189. The lowest BCUT2D eigenvalue weighted by atomic mass is 10.0. The van der Waals surface area contributed by atoms with Gasteiger partial charge in [0, 0.05) is 32.7 Å². The van der Waals surface area contributed by atoms with E-state index in [2.05, 4.69) is 52.4 Å². The van der Waals surface area contributed by atoms with Gasteiger partial charge in [0.1, 0.15) is 6.07 Å². The fourth-order valence-corrected chi connectivity index (χ4v) is 3.68. The van der Waals surface area contributed by atoms with Crippen molar-refractivity contribution in [1.82, 2.24) is 15.1 Å². The number of nitrogens with one attached hydrogen (secondary N) is 1. The van der Waals surface area contributed by atoms with Crippen LogP contribution in [0.3, 0.4) is 0 Å². The Kier molecular flexibility index (Phi) is 6.73. The van der Waals surface area contributed by atoms with Crippen LogP contribution >= 0.6 is 0 Å². The van der Waals surface area contributed by atoms with Gasteiger partial charge >= 0.3 is 6.03 Å². The van der Waals surface area contributed by atoms with Gasteiger partial charge in [-0.15, -0.1) is 0 Å². The normalized spacial score (nSPS) is 15.1. The largest absolute Gasteiger partial charge is 0.367 e. The first-order chi connectivity index (χ1) is 14.0. The van der Waals surface area contributed by atoms with Crippen LogP contribution in [0.5, 0.6) is 0 Å². The third-order valence-corrected chi connectivity index (χ3v) is 5.46. The van der Waals surface area contributed by atoms with Crippen LogP contribution < -0.4 is 10.2 Å². The van der Waals surface area contributed by atoms with Crippen molar-refractivity contribution in [2.24, 2.45) is 0 Å². The molecule has 0 unspecified atom stereocenters. The molecule has 6 nitrogen and oxygen atoms in total. The van der Waals surface area contributed by atoms with Crippen molar-refractivity contribution >= 4 is 11.7 Å². The summed E-state index contributed by atoms with van der Waals surface area (Å²) in [5, 5.41) is 12.4. The number of benzene rings is 2. The third kappa shape index (κ3) is 5.07. The first-order valence-corrected chi connectivity index (χ1v) is 9.99. The molecule has 2 amide bonds. The molecule has 152 valence electrons. The molecule has 0 aromatic heterocycles. The summed E-state index contributed by atoms with van der Waals surface area (Å²) < 4.78 is 0. The van der Waals surface area contributed by atoms with E-state index in [1.54, 1.807) is 0 Å². The number of rotatable bonds is 5. The molecule has 1 saturated heterocycles. The number of para-hydroxylation sites is 1. The molecule has 1 aliphatic rings. The Bertz CT molecular complexity index is 864. The topological polar surface area (TPSA) is 62.6 Å². The Morgan fingerprint density at radius 2 is 1.76 bits per heavy atom. The summed E-state index contributed by atoms with van der Waals surface area (Å²) in [6.07, 6.45) is 0. The molecular weight excluding hydrogens is 362 g/mol. The molecule has 3 rings (SSSR count). The Hall–Kier alpha value is -3.04. The van der Waals surface area contributed by atoms with Gasteiger partial charge in [-0.2, -0.15) is 5.26 Å². The lowest BCUT2D eigenvalue weighted by Gasteiger charge is -2.36. The van der Waals surface area contributed by atoms with Crippen molar-refractivity contribution in [3.8, 4) is 6.07 Å². The summed E-state index contributed by atoms with van der Waals surface area (Å²) in [5.41, 5.74) is 4.05. The molecule has 2 aromatic carbocycles. The van der Waals surface area contributed by atoms with E-state index in [1.165, 1.54) is 11.1 Å². The van der Waals surface area contributed by atoms with Crippen LogP contribution in [-0.2, 0) is 0 Å². The van der Waals surface area contributed by atoms with Crippen LogP contribution in [-0.4, -0.2) is 62.7 Å². The zero-order valence-electron chi connectivity index (χ0n) is 17.4. The second-order valence-corrected chi connectivity index (χ2v) is 7.68. The number of amides is 2. The van der Waals surface area contributed by atoms with Gasteiger partial charge in [0.2, 0.25) is 0 Å². The SMILES string of the molecule is Cc1ccc([C@H](CNC(=O)N2CCN(c3ccccc3C#N)CC2)N(C)C)cc1. The quantitative estimate of drug-likeness (QED) is 0.851. The minimum absolute atomic E-state index is 0.0304. The van der Waals surface area contributed by atoms with Crippen molar-refractivity contribution in [3.63, 3.8) is 0 Å². The molecule has 29 heavy (non-hydrogen) atoms. The summed E-state index contributed by atoms with van der Waals surface area (Å²) in [4.78, 5) is 18.9. The highest BCUT2D eigenvalue weighted by Gasteiger charge is 2.23. The summed E-state index contributed by atoms with van der Waals surface area (Å²) >= 11 is 0. The van der Waals surface area contributed by atoms with E-state index in [4.69, 9.17) is 0 Å². The number of hydrogen-bond donors (Lipinski definition) is 1. The molecule has 0 bridgehead atoms. The maximum Gasteiger partial charge on any atom is 0.317 e. The summed E-state index contributed by atoms with van der Waals surface area (Å²) in [6, 6.07) is 18.4. The van der Waals surface area contributed by atoms with E-state index in [0.717, 1.165) is 18.8 Å². The van der Waals surface area contributed by atoms with Crippen molar-refractivity contribution in [2.45, 2.75) is 13.0 Å². The van der Waals surface area contributed by atoms with Crippen LogP contribution in [0.2, 0.25) is 0 Å². The molecule has 0 aliphatic carbocycles. The van der Waals surface area contributed by atoms with E-state index in [9.17, 15) is 10.1 Å². The number of piperazine rings is 1. The lowest BCUT2D eigenvalue weighted by Crippen LogP contribution is -2.52.